The maximum absolute atomic E-state index is 13.0. The van der Waals surface area contributed by atoms with Gasteiger partial charge < -0.3 is 0 Å². The second-order valence-corrected chi connectivity index (χ2v) is 7.27. The van der Waals surface area contributed by atoms with E-state index in [0.29, 0.717) is 10.5 Å². The monoisotopic (exact) mass is 321 g/mol. The van der Waals surface area contributed by atoms with Crippen LogP contribution in [0.3, 0.4) is 0 Å². The van der Waals surface area contributed by atoms with Gasteiger partial charge in [-0.2, -0.15) is 0 Å². The largest absolute Gasteiger partial charge is 0.241 e. The van der Waals surface area contributed by atoms with Gasteiger partial charge in [-0.1, -0.05) is 29.8 Å². The zero-order valence-corrected chi connectivity index (χ0v) is 14.0. The minimum atomic E-state index is -3.64. The highest BCUT2D eigenvalue weighted by atomic mass is 32.2. The van der Waals surface area contributed by atoms with E-state index in [-0.39, 0.29) is 5.82 Å². The Hall–Kier alpha value is -1.72. The fraction of sp³-hybridized carbons (Fsp3) is 0.294. The van der Waals surface area contributed by atoms with Gasteiger partial charge in [-0.25, -0.2) is 17.5 Å². The number of halogens is 1. The van der Waals surface area contributed by atoms with Crippen molar-refractivity contribution in [1.29, 1.82) is 0 Å². The van der Waals surface area contributed by atoms with Gasteiger partial charge in [0, 0.05) is 6.04 Å². The number of nitrogens with one attached hydrogen (secondary N) is 1. The van der Waals surface area contributed by atoms with Gasteiger partial charge in [0.25, 0.3) is 0 Å². The van der Waals surface area contributed by atoms with E-state index < -0.39 is 16.1 Å². The smallest absolute Gasteiger partial charge is 0.207 e. The van der Waals surface area contributed by atoms with Crippen LogP contribution in [0.25, 0.3) is 0 Å². The molecular formula is C17H20FNO2S. The normalized spacial score (nSPS) is 13.1. The Balaban J connectivity index is 2.34. The van der Waals surface area contributed by atoms with E-state index in [1.807, 2.05) is 19.1 Å². The lowest BCUT2D eigenvalue weighted by atomic mass is 10.1. The lowest BCUT2D eigenvalue weighted by molar-refractivity contribution is 0.565. The Bertz CT molecular complexity index is 760. The standard InChI is InChI=1S/C17H20FNO2S/c1-11-9-12(2)17(13(3)10-11)22(20,21)19-14(4)15-5-7-16(18)8-6-15/h5-10,14,19H,1-4H3/t14-/m1/s1. The van der Waals surface area contributed by atoms with Gasteiger partial charge in [-0.15, -0.1) is 0 Å². The third-order valence-corrected chi connectivity index (χ3v) is 5.42. The maximum atomic E-state index is 13.0. The Morgan fingerprint density at radius 1 is 1.00 bits per heavy atom. The topological polar surface area (TPSA) is 46.2 Å². The fourth-order valence-electron chi connectivity index (χ4n) is 2.70. The first-order valence-electron chi connectivity index (χ1n) is 7.06. The van der Waals surface area contributed by atoms with Crippen LogP contribution in [0.4, 0.5) is 4.39 Å². The van der Waals surface area contributed by atoms with Crippen LogP contribution in [0.5, 0.6) is 0 Å². The van der Waals surface area contributed by atoms with E-state index in [4.69, 9.17) is 0 Å². The van der Waals surface area contributed by atoms with E-state index in [0.717, 1.165) is 16.7 Å². The van der Waals surface area contributed by atoms with Crippen LogP contribution in [0.15, 0.2) is 41.3 Å². The average Bonchev–Trinajstić information content (AvgIpc) is 2.36. The van der Waals surface area contributed by atoms with E-state index in [2.05, 4.69) is 4.72 Å². The summed E-state index contributed by atoms with van der Waals surface area (Å²) in [5.74, 6) is -0.343. The van der Waals surface area contributed by atoms with E-state index in [9.17, 15) is 12.8 Å². The van der Waals surface area contributed by atoms with Crippen molar-refractivity contribution in [2.24, 2.45) is 0 Å². The lowest BCUT2D eigenvalue weighted by Crippen LogP contribution is -2.28. The molecule has 0 fully saturated rings. The first-order chi connectivity index (χ1) is 10.2. The minimum absolute atomic E-state index is 0.312. The zero-order chi connectivity index (χ0) is 16.5. The molecule has 0 saturated carbocycles. The van der Waals surface area contributed by atoms with Crippen LogP contribution < -0.4 is 4.72 Å². The molecule has 0 aromatic heterocycles. The SMILES string of the molecule is Cc1cc(C)c(S(=O)(=O)N[C@H](C)c2ccc(F)cc2)c(C)c1. The molecule has 2 aromatic carbocycles. The summed E-state index contributed by atoms with van der Waals surface area (Å²) in [4.78, 5) is 0.312. The molecule has 22 heavy (non-hydrogen) atoms. The van der Waals surface area contributed by atoms with E-state index >= 15 is 0 Å². The summed E-state index contributed by atoms with van der Waals surface area (Å²) in [5.41, 5.74) is 3.18. The first kappa shape index (κ1) is 16.6. The highest BCUT2D eigenvalue weighted by molar-refractivity contribution is 7.89. The second-order valence-electron chi connectivity index (χ2n) is 5.62. The molecule has 0 aliphatic rings. The van der Waals surface area contributed by atoms with Crippen LogP contribution in [0.2, 0.25) is 0 Å². The average molecular weight is 321 g/mol. The molecule has 0 radical (unpaired) electrons. The van der Waals surface area contributed by atoms with Gasteiger partial charge in [0.1, 0.15) is 5.82 Å². The molecule has 118 valence electrons. The Kier molecular flexibility index (Phi) is 4.68. The summed E-state index contributed by atoms with van der Waals surface area (Å²) in [6.07, 6.45) is 0. The van der Waals surface area contributed by atoms with Gasteiger partial charge in [-0.05, 0) is 56.5 Å². The van der Waals surface area contributed by atoms with Gasteiger partial charge in [-0.3, -0.25) is 0 Å². The van der Waals surface area contributed by atoms with E-state index in [1.54, 1.807) is 32.9 Å². The quantitative estimate of drug-likeness (QED) is 0.931. The van der Waals surface area contributed by atoms with Crippen molar-refractivity contribution < 1.29 is 12.8 Å². The first-order valence-corrected chi connectivity index (χ1v) is 8.54. The van der Waals surface area contributed by atoms with Crippen LogP contribution in [0, 0.1) is 26.6 Å². The molecule has 5 heteroatoms. The summed E-state index contributed by atoms with van der Waals surface area (Å²) in [5, 5.41) is 0. The summed E-state index contributed by atoms with van der Waals surface area (Å²) in [6.45, 7) is 7.25. The molecule has 0 bridgehead atoms. The molecule has 2 rings (SSSR count). The number of benzene rings is 2. The fourth-order valence-corrected chi connectivity index (χ4v) is 4.39. The van der Waals surface area contributed by atoms with Crippen LogP contribution in [0.1, 0.15) is 35.2 Å². The van der Waals surface area contributed by atoms with Gasteiger partial charge in [0.15, 0.2) is 0 Å². The van der Waals surface area contributed by atoms with Crippen molar-refractivity contribution in [1.82, 2.24) is 4.72 Å². The maximum Gasteiger partial charge on any atom is 0.241 e. The Labute approximate surface area is 131 Å². The highest BCUT2D eigenvalue weighted by Gasteiger charge is 2.22. The van der Waals surface area contributed by atoms with E-state index in [1.165, 1.54) is 12.1 Å². The molecule has 0 aliphatic carbocycles. The predicted octanol–water partition coefficient (Wildman–Crippen LogP) is 3.79. The van der Waals surface area contributed by atoms with Crippen molar-refractivity contribution >= 4 is 10.0 Å². The molecule has 0 unspecified atom stereocenters. The van der Waals surface area contributed by atoms with Crippen LogP contribution in [-0.4, -0.2) is 8.42 Å². The number of aryl methyl sites for hydroxylation is 3. The number of hydrogen-bond donors (Lipinski definition) is 1. The molecular weight excluding hydrogens is 301 g/mol. The Morgan fingerprint density at radius 3 is 2.00 bits per heavy atom. The highest BCUT2D eigenvalue weighted by Crippen LogP contribution is 2.24. The third-order valence-electron chi connectivity index (χ3n) is 3.58. The van der Waals surface area contributed by atoms with Crippen molar-refractivity contribution in [2.75, 3.05) is 0 Å². The summed E-state index contributed by atoms with van der Waals surface area (Å²) >= 11 is 0. The summed E-state index contributed by atoms with van der Waals surface area (Å²) < 4.78 is 40.9. The Morgan fingerprint density at radius 2 is 1.50 bits per heavy atom. The number of sulfonamides is 1. The molecule has 0 spiro atoms. The summed E-state index contributed by atoms with van der Waals surface area (Å²) in [7, 11) is -3.64. The van der Waals surface area contributed by atoms with Gasteiger partial charge >= 0.3 is 0 Å². The minimum Gasteiger partial charge on any atom is -0.207 e. The van der Waals surface area contributed by atoms with Crippen LogP contribution >= 0.6 is 0 Å². The summed E-state index contributed by atoms with van der Waals surface area (Å²) in [6, 6.07) is 9.07. The zero-order valence-electron chi connectivity index (χ0n) is 13.1. The molecule has 0 aliphatic heterocycles. The predicted molar refractivity (Wildman–Crippen MR) is 85.8 cm³/mol. The molecule has 0 saturated heterocycles. The number of rotatable bonds is 4. The molecule has 2 aromatic rings. The second kappa shape index (κ2) is 6.18. The van der Waals surface area contributed by atoms with Gasteiger partial charge in [0.05, 0.1) is 4.90 Å². The molecule has 0 amide bonds. The van der Waals surface area contributed by atoms with Gasteiger partial charge in [0.2, 0.25) is 10.0 Å². The van der Waals surface area contributed by atoms with Crippen molar-refractivity contribution in [2.45, 2.75) is 38.6 Å². The molecule has 3 nitrogen and oxygen atoms in total. The molecule has 1 atom stereocenters. The van der Waals surface area contributed by atoms with Crippen molar-refractivity contribution in [3.8, 4) is 0 Å². The van der Waals surface area contributed by atoms with Crippen molar-refractivity contribution in [3.05, 3.63) is 64.5 Å². The molecule has 0 heterocycles. The van der Waals surface area contributed by atoms with Crippen LogP contribution in [-0.2, 0) is 10.0 Å². The third kappa shape index (κ3) is 3.54. The number of hydrogen-bond acceptors (Lipinski definition) is 2. The van der Waals surface area contributed by atoms with Crippen molar-refractivity contribution in [3.63, 3.8) is 0 Å². The molecule has 1 N–H and O–H groups in total. The lowest BCUT2D eigenvalue weighted by Gasteiger charge is -2.18.